The van der Waals surface area contributed by atoms with Gasteiger partial charge in [-0.15, -0.1) is 11.6 Å². The molecule has 0 spiro atoms. The summed E-state index contributed by atoms with van der Waals surface area (Å²) in [5.41, 5.74) is 0.489. The molecule has 1 aromatic rings. The van der Waals surface area contributed by atoms with Gasteiger partial charge in [-0.3, -0.25) is 4.79 Å². The summed E-state index contributed by atoms with van der Waals surface area (Å²) in [5, 5.41) is 0.433. The van der Waals surface area contributed by atoms with Gasteiger partial charge in [0.15, 0.2) is 0 Å². The lowest BCUT2D eigenvalue weighted by Gasteiger charge is -2.34. The molecule has 1 fully saturated rings. The Balaban J connectivity index is 2.27. The van der Waals surface area contributed by atoms with E-state index in [9.17, 15) is 4.79 Å². The van der Waals surface area contributed by atoms with Gasteiger partial charge in [0.25, 0.3) is 5.91 Å². The van der Waals surface area contributed by atoms with E-state index in [0.29, 0.717) is 40.7 Å². The Morgan fingerprint density at radius 1 is 1.56 bits per heavy atom. The number of carbonyl (C=O) groups excluding carboxylic acids is 1. The first-order valence-corrected chi connectivity index (χ1v) is 7.24. The molecule has 0 aliphatic carbocycles. The Morgan fingerprint density at radius 2 is 2.33 bits per heavy atom. The Bertz CT molecular complexity index is 456. The number of rotatable bonds is 2. The molecule has 0 radical (unpaired) electrons. The second-order valence-corrected chi connectivity index (χ2v) is 5.52. The van der Waals surface area contributed by atoms with E-state index in [1.807, 2.05) is 0 Å². The maximum Gasteiger partial charge on any atom is 0.255 e. The van der Waals surface area contributed by atoms with E-state index in [0.717, 1.165) is 0 Å². The normalized spacial score (nSPS) is 19.9. The van der Waals surface area contributed by atoms with E-state index in [2.05, 4.69) is 15.9 Å². The second kappa shape index (κ2) is 6.24. The molecule has 1 aliphatic rings. The SMILES string of the molecule is O=C(c1cccc(Br)c1Cl)N1CCOCC1CCl. The summed E-state index contributed by atoms with van der Waals surface area (Å²) in [6.45, 7) is 1.55. The van der Waals surface area contributed by atoms with Crippen LogP contribution in [0.1, 0.15) is 10.4 Å². The van der Waals surface area contributed by atoms with Crippen LogP contribution in [-0.4, -0.2) is 42.5 Å². The number of hydrogen-bond acceptors (Lipinski definition) is 2. The van der Waals surface area contributed by atoms with Crippen molar-refractivity contribution in [2.45, 2.75) is 6.04 Å². The smallest absolute Gasteiger partial charge is 0.255 e. The second-order valence-electron chi connectivity index (χ2n) is 3.98. The maximum atomic E-state index is 12.4. The number of nitrogens with zero attached hydrogens (tertiary/aromatic N) is 1. The molecule has 98 valence electrons. The molecule has 0 aromatic heterocycles. The van der Waals surface area contributed by atoms with Crippen LogP contribution in [0.5, 0.6) is 0 Å². The minimum absolute atomic E-state index is 0.0945. The van der Waals surface area contributed by atoms with Gasteiger partial charge in [-0.25, -0.2) is 0 Å². The molecule has 3 nitrogen and oxygen atoms in total. The lowest BCUT2D eigenvalue weighted by atomic mass is 10.1. The highest BCUT2D eigenvalue weighted by molar-refractivity contribution is 9.10. The Morgan fingerprint density at radius 3 is 3.06 bits per heavy atom. The third-order valence-corrected chi connectivity index (χ3v) is 4.50. The number of morpholine rings is 1. The first kappa shape index (κ1) is 14.1. The van der Waals surface area contributed by atoms with Gasteiger partial charge in [0.2, 0.25) is 0 Å². The molecule has 0 N–H and O–H groups in total. The van der Waals surface area contributed by atoms with Crippen LogP contribution >= 0.6 is 39.1 Å². The zero-order valence-electron chi connectivity index (χ0n) is 9.54. The summed E-state index contributed by atoms with van der Waals surface area (Å²) < 4.78 is 6.04. The van der Waals surface area contributed by atoms with E-state index in [4.69, 9.17) is 27.9 Å². The molecule has 0 bridgehead atoms. The monoisotopic (exact) mass is 351 g/mol. The van der Waals surface area contributed by atoms with Gasteiger partial charge in [-0.05, 0) is 28.1 Å². The van der Waals surface area contributed by atoms with Gasteiger partial charge in [0.05, 0.1) is 29.8 Å². The third kappa shape index (κ3) is 2.82. The van der Waals surface area contributed by atoms with E-state index >= 15 is 0 Å². The molecule has 0 saturated carbocycles. The maximum absolute atomic E-state index is 12.4. The van der Waals surface area contributed by atoms with Crippen LogP contribution in [0.4, 0.5) is 0 Å². The van der Waals surface area contributed by atoms with Crippen molar-refractivity contribution in [1.29, 1.82) is 0 Å². The average molecular weight is 353 g/mol. The van der Waals surface area contributed by atoms with Crippen LogP contribution in [0.3, 0.4) is 0 Å². The topological polar surface area (TPSA) is 29.5 Å². The fourth-order valence-corrected chi connectivity index (χ4v) is 2.70. The first-order valence-electron chi connectivity index (χ1n) is 5.54. The first-order chi connectivity index (χ1) is 8.65. The molecule has 1 unspecified atom stereocenters. The number of halogens is 3. The average Bonchev–Trinajstić information content (AvgIpc) is 2.41. The Labute approximate surface area is 124 Å². The Kier molecular flexibility index (Phi) is 4.90. The molecule has 1 aromatic carbocycles. The quantitative estimate of drug-likeness (QED) is 0.765. The summed E-state index contributed by atoms with van der Waals surface area (Å²) in [6, 6.07) is 5.22. The fourth-order valence-electron chi connectivity index (χ4n) is 1.87. The van der Waals surface area contributed by atoms with Crippen LogP contribution in [-0.2, 0) is 4.74 Å². The van der Waals surface area contributed by atoms with Gasteiger partial charge in [0.1, 0.15) is 0 Å². The lowest BCUT2D eigenvalue weighted by Crippen LogP contribution is -2.49. The summed E-state index contributed by atoms with van der Waals surface area (Å²) in [6.07, 6.45) is 0. The summed E-state index contributed by atoms with van der Waals surface area (Å²) >= 11 is 15.3. The zero-order chi connectivity index (χ0) is 13.1. The highest BCUT2D eigenvalue weighted by atomic mass is 79.9. The summed E-state index contributed by atoms with van der Waals surface area (Å²) in [4.78, 5) is 14.2. The zero-order valence-corrected chi connectivity index (χ0v) is 12.6. The molecule has 1 heterocycles. The highest BCUT2D eigenvalue weighted by Crippen LogP contribution is 2.27. The van der Waals surface area contributed by atoms with Gasteiger partial charge in [-0.1, -0.05) is 17.7 Å². The highest BCUT2D eigenvalue weighted by Gasteiger charge is 2.28. The minimum atomic E-state index is -0.102. The Hall–Kier alpha value is -0.290. The number of hydrogen-bond donors (Lipinski definition) is 0. The van der Waals surface area contributed by atoms with Crippen LogP contribution in [0.2, 0.25) is 5.02 Å². The standard InChI is InChI=1S/C12H12BrCl2NO2/c13-10-3-1-2-9(11(10)15)12(17)16-4-5-18-7-8(16)6-14/h1-3,8H,4-7H2. The molecule has 1 saturated heterocycles. The number of alkyl halides is 1. The minimum Gasteiger partial charge on any atom is -0.377 e. The van der Waals surface area contributed by atoms with E-state index < -0.39 is 0 Å². The van der Waals surface area contributed by atoms with Crippen molar-refractivity contribution in [3.8, 4) is 0 Å². The van der Waals surface area contributed by atoms with Crippen molar-refractivity contribution < 1.29 is 9.53 Å². The van der Waals surface area contributed by atoms with Gasteiger partial charge < -0.3 is 9.64 Å². The number of carbonyl (C=O) groups is 1. The third-order valence-electron chi connectivity index (χ3n) is 2.85. The number of amides is 1. The van der Waals surface area contributed by atoms with Crippen LogP contribution < -0.4 is 0 Å². The van der Waals surface area contributed by atoms with Crippen molar-refractivity contribution in [3.63, 3.8) is 0 Å². The van der Waals surface area contributed by atoms with Crippen molar-refractivity contribution in [2.24, 2.45) is 0 Å². The van der Waals surface area contributed by atoms with E-state index in [-0.39, 0.29) is 11.9 Å². The van der Waals surface area contributed by atoms with Gasteiger partial charge in [0, 0.05) is 16.9 Å². The molecule has 1 amide bonds. The van der Waals surface area contributed by atoms with Gasteiger partial charge in [-0.2, -0.15) is 0 Å². The van der Waals surface area contributed by atoms with E-state index in [1.165, 1.54) is 0 Å². The summed E-state index contributed by atoms with van der Waals surface area (Å²) in [5.74, 6) is 0.257. The molecule has 18 heavy (non-hydrogen) atoms. The molecule has 1 aliphatic heterocycles. The van der Waals surface area contributed by atoms with Crippen molar-refractivity contribution in [1.82, 2.24) is 4.90 Å². The molecular formula is C12H12BrCl2NO2. The predicted octanol–water partition coefficient (Wildman–Crippen LogP) is 3.18. The largest absolute Gasteiger partial charge is 0.377 e. The number of benzene rings is 1. The molecular weight excluding hydrogens is 341 g/mol. The van der Waals surface area contributed by atoms with Gasteiger partial charge >= 0.3 is 0 Å². The predicted molar refractivity (Wildman–Crippen MR) is 75.5 cm³/mol. The van der Waals surface area contributed by atoms with Crippen molar-refractivity contribution >= 4 is 45.0 Å². The van der Waals surface area contributed by atoms with Crippen LogP contribution in [0.25, 0.3) is 0 Å². The van der Waals surface area contributed by atoms with Crippen molar-refractivity contribution in [3.05, 3.63) is 33.3 Å². The van der Waals surface area contributed by atoms with Crippen LogP contribution in [0.15, 0.2) is 22.7 Å². The molecule has 2 rings (SSSR count). The molecule has 1 atom stereocenters. The lowest BCUT2D eigenvalue weighted by molar-refractivity contribution is 0.00457. The van der Waals surface area contributed by atoms with Crippen LogP contribution in [0, 0.1) is 0 Å². The van der Waals surface area contributed by atoms with E-state index in [1.54, 1.807) is 23.1 Å². The molecule has 6 heteroatoms. The van der Waals surface area contributed by atoms with Crippen molar-refractivity contribution in [2.75, 3.05) is 25.6 Å². The summed E-state index contributed by atoms with van der Waals surface area (Å²) in [7, 11) is 0. The fraction of sp³-hybridized carbons (Fsp3) is 0.417. The number of ether oxygens (including phenoxy) is 1.